The van der Waals surface area contributed by atoms with Crippen molar-refractivity contribution in [1.82, 2.24) is 9.80 Å². The van der Waals surface area contributed by atoms with Crippen molar-refractivity contribution in [3.63, 3.8) is 0 Å². The molecule has 0 aromatic carbocycles. The van der Waals surface area contributed by atoms with E-state index in [0.29, 0.717) is 13.1 Å². The molecule has 1 N–H and O–H groups in total. The smallest absolute Gasteiger partial charge is 0.410 e. The minimum absolute atomic E-state index is 0.00712. The SMILES string of the molecule is CN(CC(=O)O)[C@@H]1CCN(C(=O)OC(C)(C)C)C1. The van der Waals surface area contributed by atoms with Crippen LogP contribution in [0.4, 0.5) is 4.79 Å². The summed E-state index contributed by atoms with van der Waals surface area (Å²) in [5, 5.41) is 8.73. The number of hydrogen-bond donors (Lipinski definition) is 1. The number of hydrogen-bond acceptors (Lipinski definition) is 4. The summed E-state index contributed by atoms with van der Waals surface area (Å²) in [5.41, 5.74) is -0.498. The van der Waals surface area contributed by atoms with Crippen molar-refractivity contribution >= 4 is 12.1 Å². The maximum Gasteiger partial charge on any atom is 0.410 e. The molecule has 1 saturated heterocycles. The molecule has 0 radical (unpaired) electrons. The normalized spacial score (nSPS) is 20.3. The Kier molecular flexibility index (Phi) is 4.56. The first-order chi connectivity index (χ1) is 8.19. The standard InChI is InChI=1S/C12H22N2O4/c1-12(2,3)18-11(17)14-6-5-9(7-14)13(4)8-10(15)16/h9H,5-8H2,1-4H3,(H,15,16)/t9-/m1/s1. The molecular weight excluding hydrogens is 236 g/mol. The number of carboxylic acid groups (broad SMARTS) is 1. The number of rotatable bonds is 3. The van der Waals surface area contributed by atoms with E-state index in [2.05, 4.69) is 0 Å². The number of likely N-dealkylation sites (N-methyl/N-ethyl adjacent to an activating group) is 1. The molecule has 1 rings (SSSR count). The quantitative estimate of drug-likeness (QED) is 0.818. The van der Waals surface area contributed by atoms with E-state index >= 15 is 0 Å². The molecule has 1 heterocycles. The van der Waals surface area contributed by atoms with E-state index < -0.39 is 11.6 Å². The Labute approximate surface area is 107 Å². The van der Waals surface area contributed by atoms with Crippen LogP contribution in [-0.2, 0) is 9.53 Å². The third kappa shape index (κ3) is 4.52. The van der Waals surface area contributed by atoms with Crippen molar-refractivity contribution in [1.29, 1.82) is 0 Å². The highest BCUT2D eigenvalue weighted by Crippen LogP contribution is 2.17. The first-order valence-electron chi connectivity index (χ1n) is 6.09. The predicted octanol–water partition coefficient (Wildman–Crippen LogP) is 1.01. The van der Waals surface area contributed by atoms with Crippen molar-refractivity contribution in [3.8, 4) is 0 Å². The summed E-state index contributed by atoms with van der Waals surface area (Å²) in [7, 11) is 1.76. The van der Waals surface area contributed by atoms with E-state index in [1.807, 2.05) is 20.8 Å². The van der Waals surface area contributed by atoms with Gasteiger partial charge in [-0.15, -0.1) is 0 Å². The Balaban J connectivity index is 2.46. The molecule has 1 atom stereocenters. The van der Waals surface area contributed by atoms with Gasteiger partial charge in [-0.3, -0.25) is 9.69 Å². The Bertz CT molecular complexity index is 325. The summed E-state index contributed by atoms with van der Waals surface area (Å²) >= 11 is 0. The van der Waals surface area contributed by atoms with Crippen LogP contribution >= 0.6 is 0 Å². The largest absolute Gasteiger partial charge is 0.480 e. The van der Waals surface area contributed by atoms with Crippen LogP contribution in [0, 0.1) is 0 Å². The molecule has 0 spiro atoms. The molecule has 0 aromatic heterocycles. The number of aliphatic carboxylic acids is 1. The summed E-state index contributed by atoms with van der Waals surface area (Å²) in [5.74, 6) is -0.854. The van der Waals surface area contributed by atoms with Crippen LogP contribution in [0.3, 0.4) is 0 Å². The zero-order valence-electron chi connectivity index (χ0n) is 11.5. The zero-order chi connectivity index (χ0) is 13.9. The molecule has 6 heteroatoms. The Morgan fingerprint density at radius 2 is 2.06 bits per heavy atom. The molecule has 1 aliphatic rings. The van der Waals surface area contributed by atoms with Crippen LogP contribution in [-0.4, -0.2) is 65.3 Å². The van der Waals surface area contributed by atoms with Crippen molar-refractivity contribution in [2.24, 2.45) is 0 Å². The molecule has 1 amide bonds. The van der Waals surface area contributed by atoms with Gasteiger partial charge in [-0.25, -0.2) is 4.79 Å². The number of ether oxygens (including phenoxy) is 1. The molecular formula is C12H22N2O4. The first kappa shape index (κ1) is 14.8. The van der Waals surface area contributed by atoms with Crippen LogP contribution in [0.2, 0.25) is 0 Å². The van der Waals surface area contributed by atoms with E-state index in [0.717, 1.165) is 6.42 Å². The van der Waals surface area contributed by atoms with E-state index in [9.17, 15) is 9.59 Å². The van der Waals surface area contributed by atoms with Gasteiger partial charge in [-0.05, 0) is 34.2 Å². The fourth-order valence-corrected chi connectivity index (χ4v) is 1.94. The van der Waals surface area contributed by atoms with Gasteiger partial charge in [0.25, 0.3) is 0 Å². The van der Waals surface area contributed by atoms with Crippen molar-refractivity contribution in [2.45, 2.75) is 38.8 Å². The van der Waals surface area contributed by atoms with E-state index in [1.165, 1.54) is 0 Å². The van der Waals surface area contributed by atoms with E-state index in [4.69, 9.17) is 9.84 Å². The Morgan fingerprint density at radius 3 is 2.56 bits per heavy atom. The molecule has 0 aliphatic carbocycles. The average Bonchev–Trinajstić information content (AvgIpc) is 2.61. The minimum atomic E-state index is -0.854. The predicted molar refractivity (Wildman–Crippen MR) is 66.5 cm³/mol. The van der Waals surface area contributed by atoms with Crippen molar-refractivity contribution in [2.75, 3.05) is 26.7 Å². The number of carbonyl (C=O) groups excluding carboxylic acids is 1. The van der Waals surface area contributed by atoms with Crippen LogP contribution in [0.15, 0.2) is 0 Å². The second-order valence-corrected chi connectivity index (χ2v) is 5.68. The lowest BCUT2D eigenvalue weighted by Crippen LogP contribution is -2.40. The zero-order valence-corrected chi connectivity index (χ0v) is 11.5. The molecule has 0 unspecified atom stereocenters. The molecule has 1 aliphatic heterocycles. The number of carboxylic acids is 1. The Hall–Kier alpha value is -1.30. The van der Waals surface area contributed by atoms with Crippen LogP contribution in [0.5, 0.6) is 0 Å². The third-order valence-corrected chi connectivity index (χ3v) is 2.82. The fourth-order valence-electron chi connectivity index (χ4n) is 1.94. The minimum Gasteiger partial charge on any atom is -0.480 e. The summed E-state index contributed by atoms with van der Waals surface area (Å²) in [6.45, 7) is 6.62. The van der Waals surface area contributed by atoms with Gasteiger partial charge in [0, 0.05) is 19.1 Å². The molecule has 6 nitrogen and oxygen atoms in total. The highest BCUT2D eigenvalue weighted by molar-refractivity contribution is 5.69. The lowest BCUT2D eigenvalue weighted by molar-refractivity contribution is -0.138. The molecule has 0 aromatic rings. The third-order valence-electron chi connectivity index (χ3n) is 2.82. The monoisotopic (exact) mass is 258 g/mol. The van der Waals surface area contributed by atoms with Gasteiger partial charge in [0.1, 0.15) is 5.60 Å². The van der Waals surface area contributed by atoms with Gasteiger partial charge in [-0.2, -0.15) is 0 Å². The number of likely N-dealkylation sites (tertiary alicyclic amines) is 1. The number of carbonyl (C=O) groups is 2. The molecule has 1 fully saturated rings. The molecule has 104 valence electrons. The molecule has 0 saturated carbocycles. The van der Waals surface area contributed by atoms with Gasteiger partial charge in [0.2, 0.25) is 0 Å². The first-order valence-corrected chi connectivity index (χ1v) is 6.09. The highest BCUT2D eigenvalue weighted by Gasteiger charge is 2.32. The number of nitrogens with zero attached hydrogens (tertiary/aromatic N) is 2. The van der Waals surface area contributed by atoms with Crippen LogP contribution < -0.4 is 0 Å². The maximum absolute atomic E-state index is 11.8. The van der Waals surface area contributed by atoms with Crippen LogP contribution in [0.25, 0.3) is 0 Å². The maximum atomic E-state index is 11.8. The highest BCUT2D eigenvalue weighted by atomic mass is 16.6. The van der Waals surface area contributed by atoms with Gasteiger partial charge in [0.15, 0.2) is 0 Å². The van der Waals surface area contributed by atoms with E-state index in [-0.39, 0.29) is 18.7 Å². The van der Waals surface area contributed by atoms with Crippen LogP contribution in [0.1, 0.15) is 27.2 Å². The summed E-state index contributed by atoms with van der Waals surface area (Å²) in [6.07, 6.45) is 0.456. The second-order valence-electron chi connectivity index (χ2n) is 5.68. The van der Waals surface area contributed by atoms with Gasteiger partial charge in [0.05, 0.1) is 6.54 Å². The van der Waals surface area contributed by atoms with Gasteiger partial charge < -0.3 is 14.7 Å². The fraction of sp³-hybridized carbons (Fsp3) is 0.833. The van der Waals surface area contributed by atoms with Gasteiger partial charge >= 0.3 is 12.1 Å². The van der Waals surface area contributed by atoms with E-state index in [1.54, 1.807) is 16.8 Å². The van der Waals surface area contributed by atoms with Gasteiger partial charge in [-0.1, -0.05) is 0 Å². The summed E-state index contributed by atoms with van der Waals surface area (Å²) < 4.78 is 5.28. The van der Waals surface area contributed by atoms with Crippen molar-refractivity contribution in [3.05, 3.63) is 0 Å². The lowest BCUT2D eigenvalue weighted by Gasteiger charge is -2.25. The second kappa shape index (κ2) is 5.56. The number of amides is 1. The summed E-state index contributed by atoms with van der Waals surface area (Å²) in [6, 6.07) is 0.0913. The summed E-state index contributed by atoms with van der Waals surface area (Å²) in [4.78, 5) is 25.8. The molecule has 0 bridgehead atoms. The molecule has 18 heavy (non-hydrogen) atoms. The Morgan fingerprint density at radius 1 is 1.44 bits per heavy atom. The van der Waals surface area contributed by atoms with Crippen molar-refractivity contribution < 1.29 is 19.4 Å². The lowest BCUT2D eigenvalue weighted by atomic mass is 10.2. The average molecular weight is 258 g/mol. The topological polar surface area (TPSA) is 70.1 Å².